The van der Waals surface area contributed by atoms with Gasteiger partial charge in [0.1, 0.15) is 0 Å². The summed E-state index contributed by atoms with van der Waals surface area (Å²) >= 11 is 0. The monoisotopic (exact) mass is 284 g/mol. The van der Waals surface area contributed by atoms with Crippen molar-refractivity contribution in [2.45, 2.75) is 6.92 Å². The lowest BCUT2D eigenvalue weighted by Crippen LogP contribution is -2.26. The highest BCUT2D eigenvalue weighted by Gasteiger charge is 2.14. The zero-order valence-electron chi connectivity index (χ0n) is 11.8. The second-order valence-corrected chi connectivity index (χ2v) is 4.79. The molecule has 0 spiro atoms. The van der Waals surface area contributed by atoms with Crippen LogP contribution in [-0.2, 0) is 0 Å². The highest BCUT2D eigenvalue weighted by atomic mass is 16.4. The van der Waals surface area contributed by atoms with Crippen LogP contribution in [0.25, 0.3) is 0 Å². The third-order valence-corrected chi connectivity index (χ3v) is 3.32. The van der Waals surface area contributed by atoms with Crippen molar-refractivity contribution in [3.8, 4) is 0 Å². The minimum atomic E-state index is -0.996. The molecule has 0 radical (unpaired) electrons. The summed E-state index contributed by atoms with van der Waals surface area (Å²) in [7, 11) is 1.64. The van der Waals surface area contributed by atoms with Gasteiger partial charge in [-0.25, -0.2) is 4.79 Å². The van der Waals surface area contributed by atoms with Crippen LogP contribution < -0.4 is 10.6 Å². The molecule has 0 saturated carbocycles. The standard InChI is InChI=1S/C16H16N2O3/c1-10-9-12(5-8-14(10)17)15(19)18(2)13-6-3-11(4-7-13)16(20)21/h3-9H,17H2,1-2H3,(H,20,21). The maximum Gasteiger partial charge on any atom is 0.335 e. The van der Waals surface area contributed by atoms with Crippen LogP contribution in [0.2, 0.25) is 0 Å². The third-order valence-electron chi connectivity index (χ3n) is 3.32. The van der Waals surface area contributed by atoms with Crippen molar-refractivity contribution >= 4 is 23.3 Å². The number of nitrogens with zero attached hydrogens (tertiary/aromatic N) is 1. The van der Waals surface area contributed by atoms with E-state index in [4.69, 9.17) is 10.8 Å². The van der Waals surface area contributed by atoms with E-state index in [9.17, 15) is 9.59 Å². The number of hydrogen-bond donors (Lipinski definition) is 2. The summed E-state index contributed by atoms with van der Waals surface area (Å²) in [6.07, 6.45) is 0. The molecule has 0 fully saturated rings. The maximum atomic E-state index is 12.4. The van der Waals surface area contributed by atoms with Crippen LogP contribution in [0.5, 0.6) is 0 Å². The normalized spacial score (nSPS) is 10.2. The summed E-state index contributed by atoms with van der Waals surface area (Å²) in [6.45, 7) is 1.84. The van der Waals surface area contributed by atoms with Gasteiger partial charge in [-0.15, -0.1) is 0 Å². The Hall–Kier alpha value is -2.82. The fourth-order valence-corrected chi connectivity index (χ4v) is 1.95. The van der Waals surface area contributed by atoms with Crippen molar-refractivity contribution in [2.75, 3.05) is 17.7 Å². The minimum Gasteiger partial charge on any atom is -0.478 e. The van der Waals surface area contributed by atoms with Crippen LogP contribution in [0.1, 0.15) is 26.3 Å². The molecule has 5 heteroatoms. The van der Waals surface area contributed by atoms with E-state index in [-0.39, 0.29) is 11.5 Å². The largest absolute Gasteiger partial charge is 0.478 e. The van der Waals surface area contributed by atoms with Crippen LogP contribution in [-0.4, -0.2) is 24.0 Å². The molecule has 0 aliphatic carbocycles. The van der Waals surface area contributed by atoms with Crippen molar-refractivity contribution in [1.82, 2.24) is 0 Å². The first kappa shape index (κ1) is 14.6. The van der Waals surface area contributed by atoms with E-state index in [0.29, 0.717) is 16.9 Å². The zero-order chi connectivity index (χ0) is 15.6. The van der Waals surface area contributed by atoms with Gasteiger partial charge in [0.25, 0.3) is 5.91 Å². The van der Waals surface area contributed by atoms with Crippen LogP contribution in [0.4, 0.5) is 11.4 Å². The van der Waals surface area contributed by atoms with Gasteiger partial charge in [0.05, 0.1) is 5.56 Å². The summed E-state index contributed by atoms with van der Waals surface area (Å²) in [5, 5.41) is 8.87. The number of carboxylic acids is 1. The molecule has 3 N–H and O–H groups in total. The summed E-state index contributed by atoms with van der Waals surface area (Å²) < 4.78 is 0. The number of aryl methyl sites for hydroxylation is 1. The molecule has 0 bridgehead atoms. The van der Waals surface area contributed by atoms with Gasteiger partial charge in [0.2, 0.25) is 0 Å². The number of anilines is 2. The minimum absolute atomic E-state index is 0.179. The van der Waals surface area contributed by atoms with E-state index in [1.165, 1.54) is 17.0 Å². The number of aromatic carboxylic acids is 1. The number of hydrogen-bond acceptors (Lipinski definition) is 3. The van der Waals surface area contributed by atoms with Crippen molar-refractivity contribution < 1.29 is 14.7 Å². The Morgan fingerprint density at radius 3 is 2.14 bits per heavy atom. The Bertz CT molecular complexity index is 693. The number of carbonyl (C=O) groups is 2. The van der Waals surface area contributed by atoms with Crippen molar-refractivity contribution in [3.63, 3.8) is 0 Å². The number of nitrogens with two attached hydrogens (primary N) is 1. The van der Waals surface area contributed by atoms with Crippen LogP contribution in [0.3, 0.4) is 0 Å². The Balaban J connectivity index is 2.25. The number of benzene rings is 2. The highest BCUT2D eigenvalue weighted by Crippen LogP contribution is 2.19. The van der Waals surface area contributed by atoms with E-state index in [0.717, 1.165) is 5.56 Å². The first-order chi connectivity index (χ1) is 9.90. The van der Waals surface area contributed by atoms with E-state index < -0.39 is 5.97 Å². The van der Waals surface area contributed by atoms with Gasteiger partial charge in [0, 0.05) is 24.0 Å². The molecule has 0 saturated heterocycles. The first-order valence-corrected chi connectivity index (χ1v) is 6.37. The Morgan fingerprint density at radius 1 is 1.05 bits per heavy atom. The fourth-order valence-electron chi connectivity index (χ4n) is 1.95. The quantitative estimate of drug-likeness (QED) is 0.848. The molecule has 2 aromatic rings. The Morgan fingerprint density at radius 2 is 1.62 bits per heavy atom. The summed E-state index contributed by atoms with van der Waals surface area (Å²) in [5.74, 6) is -1.18. The maximum absolute atomic E-state index is 12.4. The average molecular weight is 284 g/mol. The smallest absolute Gasteiger partial charge is 0.335 e. The molecule has 0 heterocycles. The molecule has 5 nitrogen and oxygen atoms in total. The van der Waals surface area contributed by atoms with Gasteiger partial charge in [-0.05, 0) is 55.0 Å². The number of rotatable bonds is 3. The van der Waals surface area contributed by atoms with E-state index in [1.54, 1.807) is 37.4 Å². The van der Waals surface area contributed by atoms with E-state index in [1.807, 2.05) is 6.92 Å². The molecule has 2 rings (SSSR count). The molecule has 108 valence electrons. The lowest BCUT2D eigenvalue weighted by Gasteiger charge is -2.18. The van der Waals surface area contributed by atoms with Gasteiger partial charge < -0.3 is 15.7 Å². The van der Waals surface area contributed by atoms with Crippen molar-refractivity contribution in [1.29, 1.82) is 0 Å². The van der Waals surface area contributed by atoms with Crippen LogP contribution in [0, 0.1) is 6.92 Å². The second kappa shape index (κ2) is 5.66. The number of carbonyl (C=O) groups excluding carboxylic acids is 1. The van der Waals surface area contributed by atoms with Crippen LogP contribution in [0.15, 0.2) is 42.5 Å². The summed E-state index contributed by atoms with van der Waals surface area (Å²) in [5.41, 5.74) is 8.56. The summed E-state index contributed by atoms with van der Waals surface area (Å²) in [6, 6.07) is 11.2. The van der Waals surface area contributed by atoms with Gasteiger partial charge in [-0.1, -0.05) is 0 Å². The SMILES string of the molecule is Cc1cc(C(=O)N(C)c2ccc(C(=O)O)cc2)ccc1N. The van der Waals surface area contributed by atoms with Crippen molar-refractivity contribution in [3.05, 3.63) is 59.2 Å². The highest BCUT2D eigenvalue weighted by molar-refractivity contribution is 6.06. The summed E-state index contributed by atoms with van der Waals surface area (Å²) in [4.78, 5) is 24.7. The molecule has 0 aliphatic rings. The van der Waals surface area contributed by atoms with E-state index >= 15 is 0 Å². The lowest BCUT2D eigenvalue weighted by atomic mass is 10.1. The van der Waals surface area contributed by atoms with Gasteiger partial charge in [-0.2, -0.15) is 0 Å². The molecule has 0 aliphatic heterocycles. The van der Waals surface area contributed by atoms with Gasteiger partial charge >= 0.3 is 5.97 Å². The van der Waals surface area contributed by atoms with Crippen molar-refractivity contribution in [2.24, 2.45) is 0 Å². The predicted octanol–water partition coefficient (Wildman–Crippen LogP) is 2.55. The molecule has 21 heavy (non-hydrogen) atoms. The number of carboxylic acid groups (broad SMARTS) is 1. The first-order valence-electron chi connectivity index (χ1n) is 6.37. The Labute approximate surface area is 122 Å². The predicted molar refractivity (Wildman–Crippen MR) is 81.7 cm³/mol. The van der Waals surface area contributed by atoms with Gasteiger partial charge in [0.15, 0.2) is 0 Å². The average Bonchev–Trinajstić information content (AvgIpc) is 2.48. The molecule has 2 aromatic carbocycles. The van der Waals surface area contributed by atoms with Crippen LogP contribution >= 0.6 is 0 Å². The number of amides is 1. The van der Waals surface area contributed by atoms with E-state index in [2.05, 4.69) is 0 Å². The lowest BCUT2D eigenvalue weighted by molar-refractivity contribution is 0.0696. The third kappa shape index (κ3) is 3.02. The zero-order valence-corrected chi connectivity index (χ0v) is 11.8. The second-order valence-electron chi connectivity index (χ2n) is 4.79. The molecule has 1 amide bonds. The molecular weight excluding hydrogens is 268 g/mol. The molecule has 0 atom stereocenters. The Kier molecular flexibility index (Phi) is 3.93. The number of nitrogen functional groups attached to an aromatic ring is 1. The molecule has 0 aromatic heterocycles. The topological polar surface area (TPSA) is 83.6 Å². The molecule has 0 unspecified atom stereocenters. The molecular formula is C16H16N2O3. The fraction of sp³-hybridized carbons (Fsp3) is 0.125. The van der Waals surface area contributed by atoms with Gasteiger partial charge in [-0.3, -0.25) is 4.79 Å².